The highest BCUT2D eigenvalue weighted by molar-refractivity contribution is 9.09. The van der Waals surface area contributed by atoms with E-state index in [1.165, 1.54) is 30.4 Å². The van der Waals surface area contributed by atoms with Crippen LogP contribution in [0.2, 0.25) is 5.02 Å². The van der Waals surface area contributed by atoms with Gasteiger partial charge in [-0.2, -0.15) is 0 Å². The van der Waals surface area contributed by atoms with Gasteiger partial charge in [-0.25, -0.2) is 0 Å². The third-order valence-corrected chi connectivity index (χ3v) is 3.74. The van der Waals surface area contributed by atoms with E-state index in [4.69, 9.17) is 11.6 Å². The number of alkyl halides is 1. The van der Waals surface area contributed by atoms with Crippen molar-refractivity contribution in [3.8, 4) is 0 Å². The van der Waals surface area contributed by atoms with Gasteiger partial charge in [0.1, 0.15) is 0 Å². The topological polar surface area (TPSA) is 0 Å². The molecule has 0 N–H and O–H groups in total. The van der Waals surface area contributed by atoms with Gasteiger partial charge in [-0.15, -0.1) is 0 Å². The Morgan fingerprint density at radius 2 is 1.93 bits per heavy atom. The summed E-state index contributed by atoms with van der Waals surface area (Å²) in [6.07, 6.45) is 6.04. The Bertz CT molecular complexity index is 340. The number of hydrogen-bond acceptors (Lipinski definition) is 0. The molecule has 0 amide bonds. The SMILES string of the molecule is Clc1ccc(C2=CCCCC2Br)cc1. The number of halogens is 2. The summed E-state index contributed by atoms with van der Waals surface area (Å²) in [4.78, 5) is 0.512. The maximum atomic E-state index is 5.86. The van der Waals surface area contributed by atoms with Gasteiger partial charge < -0.3 is 0 Å². The minimum Gasteiger partial charge on any atom is -0.0843 e. The van der Waals surface area contributed by atoms with Gasteiger partial charge in [0.05, 0.1) is 0 Å². The molecule has 14 heavy (non-hydrogen) atoms. The predicted molar refractivity (Wildman–Crippen MR) is 66.0 cm³/mol. The monoisotopic (exact) mass is 270 g/mol. The summed E-state index contributed by atoms with van der Waals surface area (Å²) >= 11 is 9.56. The van der Waals surface area contributed by atoms with Crippen molar-refractivity contribution in [2.45, 2.75) is 24.1 Å². The molecule has 1 aliphatic rings. The summed E-state index contributed by atoms with van der Waals surface area (Å²) in [6.45, 7) is 0. The normalized spacial score (nSPS) is 21.9. The molecule has 0 fully saturated rings. The van der Waals surface area contributed by atoms with Crippen LogP contribution in [0.25, 0.3) is 5.57 Å². The first-order chi connectivity index (χ1) is 6.77. The quantitative estimate of drug-likeness (QED) is 0.651. The van der Waals surface area contributed by atoms with Crippen LogP contribution in [0.1, 0.15) is 24.8 Å². The second-order valence-electron chi connectivity index (χ2n) is 3.56. The summed E-state index contributed by atoms with van der Waals surface area (Å²) in [5.41, 5.74) is 2.70. The molecular weight excluding hydrogens is 259 g/mol. The molecule has 1 unspecified atom stereocenters. The van der Waals surface area contributed by atoms with E-state index in [-0.39, 0.29) is 0 Å². The molecule has 0 bridgehead atoms. The highest BCUT2D eigenvalue weighted by atomic mass is 79.9. The standard InChI is InChI=1S/C12H12BrCl/c13-12-4-2-1-3-11(12)9-5-7-10(14)8-6-9/h3,5-8,12H,1-2,4H2. The van der Waals surface area contributed by atoms with Gasteiger partial charge >= 0.3 is 0 Å². The lowest BCUT2D eigenvalue weighted by atomic mass is 9.94. The fourth-order valence-corrected chi connectivity index (χ4v) is 2.68. The van der Waals surface area contributed by atoms with Crippen molar-refractivity contribution in [2.75, 3.05) is 0 Å². The highest BCUT2D eigenvalue weighted by Crippen LogP contribution is 2.32. The predicted octanol–water partition coefficient (Wildman–Crippen LogP) is 4.67. The van der Waals surface area contributed by atoms with Crippen LogP contribution in [0.3, 0.4) is 0 Å². The largest absolute Gasteiger partial charge is 0.0843 e. The van der Waals surface area contributed by atoms with E-state index in [9.17, 15) is 0 Å². The number of benzene rings is 1. The zero-order chi connectivity index (χ0) is 9.97. The molecule has 0 aromatic heterocycles. The van der Waals surface area contributed by atoms with Gasteiger partial charge in [0.2, 0.25) is 0 Å². The zero-order valence-corrected chi connectivity index (χ0v) is 10.2. The van der Waals surface area contributed by atoms with Crippen LogP contribution in [0.5, 0.6) is 0 Å². The molecule has 1 aliphatic carbocycles. The van der Waals surface area contributed by atoms with Crippen molar-refractivity contribution in [1.82, 2.24) is 0 Å². The summed E-state index contributed by atoms with van der Waals surface area (Å²) in [5.74, 6) is 0. The van der Waals surface area contributed by atoms with Crippen LogP contribution in [-0.2, 0) is 0 Å². The van der Waals surface area contributed by atoms with Crippen LogP contribution in [0.15, 0.2) is 30.3 Å². The Hall–Kier alpha value is -0.270. The molecular formula is C12H12BrCl. The first-order valence-electron chi connectivity index (χ1n) is 4.87. The molecule has 0 spiro atoms. The van der Waals surface area contributed by atoms with Gasteiger partial charge in [0, 0.05) is 9.85 Å². The molecule has 0 nitrogen and oxygen atoms in total. The van der Waals surface area contributed by atoms with E-state index in [1.54, 1.807) is 0 Å². The minimum atomic E-state index is 0.512. The summed E-state index contributed by atoms with van der Waals surface area (Å²) in [6, 6.07) is 8.08. The maximum Gasteiger partial charge on any atom is 0.0406 e. The van der Waals surface area contributed by atoms with Crippen LogP contribution in [0, 0.1) is 0 Å². The van der Waals surface area contributed by atoms with Crippen molar-refractivity contribution in [3.05, 3.63) is 40.9 Å². The maximum absolute atomic E-state index is 5.86. The Kier molecular flexibility index (Phi) is 3.30. The van der Waals surface area contributed by atoms with Gasteiger partial charge in [0.25, 0.3) is 0 Å². The van der Waals surface area contributed by atoms with Crippen molar-refractivity contribution in [2.24, 2.45) is 0 Å². The second kappa shape index (κ2) is 4.50. The van der Waals surface area contributed by atoms with Crippen LogP contribution in [-0.4, -0.2) is 4.83 Å². The molecule has 74 valence electrons. The van der Waals surface area contributed by atoms with E-state index in [0.717, 1.165) is 5.02 Å². The smallest absolute Gasteiger partial charge is 0.0406 e. The van der Waals surface area contributed by atoms with Crippen molar-refractivity contribution in [3.63, 3.8) is 0 Å². The number of allylic oxidation sites excluding steroid dienone is 2. The zero-order valence-electron chi connectivity index (χ0n) is 7.84. The number of rotatable bonds is 1. The molecule has 0 aliphatic heterocycles. The van der Waals surface area contributed by atoms with Crippen LogP contribution >= 0.6 is 27.5 Å². The first-order valence-corrected chi connectivity index (χ1v) is 6.17. The lowest BCUT2D eigenvalue weighted by Crippen LogP contribution is -2.05. The van der Waals surface area contributed by atoms with Crippen molar-refractivity contribution < 1.29 is 0 Å². The van der Waals surface area contributed by atoms with Gasteiger partial charge in [-0.1, -0.05) is 45.7 Å². The average Bonchev–Trinajstić information content (AvgIpc) is 2.20. The molecule has 1 atom stereocenters. The fourth-order valence-electron chi connectivity index (χ4n) is 1.78. The van der Waals surface area contributed by atoms with Crippen LogP contribution in [0.4, 0.5) is 0 Å². The Balaban J connectivity index is 2.29. The van der Waals surface area contributed by atoms with E-state index < -0.39 is 0 Å². The Morgan fingerprint density at radius 1 is 1.21 bits per heavy atom. The van der Waals surface area contributed by atoms with Crippen molar-refractivity contribution >= 4 is 33.1 Å². The van der Waals surface area contributed by atoms with Gasteiger partial charge in [-0.3, -0.25) is 0 Å². The lowest BCUT2D eigenvalue weighted by Gasteiger charge is -2.19. The third-order valence-electron chi connectivity index (χ3n) is 2.54. The molecule has 0 saturated carbocycles. The summed E-state index contributed by atoms with van der Waals surface area (Å²) in [7, 11) is 0. The van der Waals surface area contributed by atoms with E-state index >= 15 is 0 Å². The van der Waals surface area contributed by atoms with E-state index in [0.29, 0.717) is 4.83 Å². The van der Waals surface area contributed by atoms with E-state index in [2.05, 4.69) is 34.1 Å². The summed E-state index contributed by atoms with van der Waals surface area (Å²) < 4.78 is 0. The second-order valence-corrected chi connectivity index (χ2v) is 5.11. The minimum absolute atomic E-state index is 0.512. The van der Waals surface area contributed by atoms with Crippen LogP contribution < -0.4 is 0 Å². The lowest BCUT2D eigenvalue weighted by molar-refractivity contribution is 0.758. The highest BCUT2D eigenvalue weighted by Gasteiger charge is 2.15. The molecule has 0 radical (unpaired) electrons. The molecule has 0 saturated heterocycles. The third kappa shape index (κ3) is 2.21. The molecule has 2 rings (SSSR count). The Morgan fingerprint density at radius 3 is 2.57 bits per heavy atom. The van der Waals surface area contributed by atoms with Crippen molar-refractivity contribution in [1.29, 1.82) is 0 Å². The molecule has 1 aromatic carbocycles. The van der Waals surface area contributed by atoms with Gasteiger partial charge in [0.15, 0.2) is 0 Å². The Labute approximate surface area is 98.1 Å². The van der Waals surface area contributed by atoms with E-state index in [1.807, 2.05) is 12.1 Å². The fraction of sp³-hybridized carbons (Fsp3) is 0.333. The molecule has 1 aromatic rings. The molecule has 2 heteroatoms. The molecule has 0 heterocycles. The summed E-state index contributed by atoms with van der Waals surface area (Å²) in [5, 5.41) is 0.802. The average molecular weight is 272 g/mol. The first kappa shape index (κ1) is 10.3. The van der Waals surface area contributed by atoms with Gasteiger partial charge in [-0.05, 0) is 42.5 Å². The number of hydrogen-bond donors (Lipinski definition) is 0.